The highest BCUT2D eigenvalue weighted by molar-refractivity contribution is 6.51. The number of aliphatic hydroxyl groups is 1. The van der Waals surface area contributed by atoms with Crippen LogP contribution in [0.1, 0.15) is 22.7 Å². The number of ether oxygens (including phenoxy) is 3. The maximum absolute atomic E-state index is 13.4. The first-order chi connectivity index (χ1) is 16.4. The Balaban J connectivity index is 2.06. The summed E-state index contributed by atoms with van der Waals surface area (Å²) in [7, 11) is 4.42. The number of benzene rings is 3. The van der Waals surface area contributed by atoms with E-state index in [2.05, 4.69) is 0 Å². The predicted molar refractivity (Wildman–Crippen MR) is 129 cm³/mol. The average Bonchev–Trinajstić information content (AvgIpc) is 3.13. The molecule has 1 aliphatic rings. The molecule has 7 heteroatoms. The summed E-state index contributed by atoms with van der Waals surface area (Å²) >= 11 is 0. The molecule has 1 amide bonds. The summed E-state index contributed by atoms with van der Waals surface area (Å²) in [6, 6.07) is 18.4. The van der Waals surface area contributed by atoms with Crippen LogP contribution in [0.25, 0.3) is 5.76 Å². The molecular formula is C27H25NO6. The minimum absolute atomic E-state index is 0.0844. The number of amides is 1. The zero-order valence-electron chi connectivity index (χ0n) is 19.4. The third-order valence-electron chi connectivity index (χ3n) is 5.82. The van der Waals surface area contributed by atoms with Crippen molar-refractivity contribution >= 4 is 23.1 Å². The lowest BCUT2D eigenvalue weighted by Gasteiger charge is -2.27. The van der Waals surface area contributed by atoms with Crippen molar-refractivity contribution in [2.24, 2.45) is 0 Å². The van der Waals surface area contributed by atoms with Gasteiger partial charge in [0, 0.05) is 11.3 Å². The highest BCUT2D eigenvalue weighted by atomic mass is 16.5. The lowest BCUT2D eigenvalue weighted by molar-refractivity contribution is -0.132. The molecule has 1 atom stereocenters. The maximum Gasteiger partial charge on any atom is 0.300 e. The first kappa shape index (κ1) is 22.9. The number of ketones is 1. The molecule has 0 radical (unpaired) electrons. The third-order valence-corrected chi connectivity index (χ3v) is 5.82. The van der Waals surface area contributed by atoms with Crippen molar-refractivity contribution in [2.45, 2.75) is 13.0 Å². The van der Waals surface area contributed by atoms with Gasteiger partial charge >= 0.3 is 0 Å². The smallest absolute Gasteiger partial charge is 0.300 e. The average molecular weight is 459 g/mol. The Morgan fingerprint density at radius 1 is 0.824 bits per heavy atom. The zero-order chi connectivity index (χ0) is 24.4. The van der Waals surface area contributed by atoms with Crippen molar-refractivity contribution in [1.29, 1.82) is 0 Å². The second-order valence-electron chi connectivity index (χ2n) is 7.79. The summed E-state index contributed by atoms with van der Waals surface area (Å²) in [5.74, 6) is -0.877. The summed E-state index contributed by atoms with van der Waals surface area (Å²) in [6.07, 6.45) is 0. The van der Waals surface area contributed by atoms with Gasteiger partial charge in [-0.3, -0.25) is 14.5 Å². The van der Waals surface area contributed by atoms with Gasteiger partial charge in [0.05, 0.1) is 32.9 Å². The third kappa shape index (κ3) is 3.75. The summed E-state index contributed by atoms with van der Waals surface area (Å²) in [5.41, 5.74) is 2.11. The van der Waals surface area contributed by atoms with Gasteiger partial charge in [0.1, 0.15) is 28.6 Å². The molecule has 1 N–H and O–H groups in total. The summed E-state index contributed by atoms with van der Waals surface area (Å²) in [5, 5.41) is 11.5. The van der Waals surface area contributed by atoms with E-state index in [1.807, 2.05) is 25.1 Å². The molecule has 1 heterocycles. The highest BCUT2D eigenvalue weighted by Gasteiger charge is 2.48. The number of Topliss-reactive ketones (excluding diaryl/α,β-unsaturated/α-hetero) is 1. The fraction of sp³-hybridized carbons (Fsp3) is 0.185. The van der Waals surface area contributed by atoms with Gasteiger partial charge in [-0.2, -0.15) is 0 Å². The van der Waals surface area contributed by atoms with Crippen LogP contribution < -0.4 is 19.1 Å². The van der Waals surface area contributed by atoms with Crippen LogP contribution in [0, 0.1) is 6.92 Å². The summed E-state index contributed by atoms with van der Waals surface area (Å²) in [6.45, 7) is 1.90. The quantitative estimate of drug-likeness (QED) is 0.328. The fourth-order valence-corrected chi connectivity index (χ4v) is 4.28. The van der Waals surface area contributed by atoms with E-state index in [-0.39, 0.29) is 11.1 Å². The number of methoxy groups -OCH3 is 3. The number of anilines is 1. The molecule has 34 heavy (non-hydrogen) atoms. The molecule has 0 aliphatic carbocycles. The van der Waals surface area contributed by atoms with Crippen molar-refractivity contribution in [3.05, 3.63) is 89.0 Å². The summed E-state index contributed by atoms with van der Waals surface area (Å²) < 4.78 is 16.4. The molecule has 0 spiro atoms. The van der Waals surface area contributed by atoms with Crippen LogP contribution in [-0.4, -0.2) is 38.1 Å². The molecule has 0 aromatic heterocycles. The number of carbonyl (C=O) groups excluding carboxylic acids is 2. The van der Waals surface area contributed by atoms with Crippen LogP contribution in [0.5, 0.6) is 17.2 Å². The van der Waals surface area contributed by atoms with E-state index in [0.717, 1.165) is 5.56 Å². The van der Waals surface area contributed by atoms with Crippen LogP contribution in [0.3, 0.4) is 0 Å². The molecule has 1 aliphatic heterocycles. The fourth-order valence-electron chi connectivity index (χ4n) is 4.28. The topological polar surface area (TPSA) is 85.3 Å². The van der Waals surface area contributed by atoms with E-state index in [1.54, 1.807) is 48.5 Å². The van der Waals surface area contributed by atoms with Gasteiger partial charge in [-0.05, 0) is 42.8 Å². The van der Waals surface area contributed by atoms with Gasteiger partial charge in [0.15, 0.2) is 0 Å². The Kier molecular flexibility index (Phi) is 6.27. The van der Waals surface area contributed by atoms with Crippen LogP contribution in [0.15, 0.2) is 72.3 Å². The number of hydrogen-bond acceptors (Lipinski definition) is 6. The molecule has 3 aromatic rings. The van der Waals surface area contributed by atoms with Crippen molar-refractivity contribution in [1.82, 2.24) is 0 Å². The second kappa shape index (κ2) is 9.31. The van der Waals surface area contributed by atoms with Gasteiger partial charge in [0.2, 0.25) is 0 Å². The molecule has 4 rings (SSSR count). The van der Waals surface area contributed by atoms with Crippen molar-refractivity contribution < 1.29 is 28.9 Å². The number of para-hydroxylation sites is 1. The maximum atomic E-state index is 13.4. The van der Waals surface area contributed by atoms with E-state index < -0.39 is 23.5 Å². The van der Waals surface area contributed by atoms with Crippen LogP contribution in [-0.2, 0) is 9.59 Å². The molecule has 0 saturated carbocycles. The Morgan fingerprint density at radius 2 is 1.41 bits per heavy atom. The standard InChI is InChI=1S/C27H25NO6/c1-16-9-7-10-17(15-16)28-24(18-11-5-6-12-19(18)32-2)23(26(30)27(28)31)25(29)22-20(33-3)13-8-14-21(22)34-4/h5-15,24,29H,1-4H3/b25-23+. The Labute approximate surface area is 197 Å². The SMILES string of the molecule is COc1ccccc1C1/C(=C(\O)c2c(OC)cccc2OC)C(=O)C(=O)N1c1cccc(C)c1. The normalized spacial score (nSPS) is 17.1. The van der Waals surface area contributed by atoms with Crippen molar-refractivity contribution in [3.63, 3.8) is 0 Å². The second-order valence-corrected chi connectivity index (χ2v) is 7.79. The first-order valence-corrected chi connectivity index (χ1v) is 10.6. The Hall–Kier alpha value is -4.26. The Morgan fingerprint density at radius 3 is 2.03 bits per heavy atom. The number of nitrogens with zero attached hydrogens (tertiary/aromatic N) is 1. The van der Waals surface area contributed by atoms with Gasteiger partial charge in [-0.25, -0.2) is 0 Å². The van der Waals surface area contributed by atoms with Crippen molar-refractivity contribution in [3.8, 4) is 17.2 Å². The minimum atomic E-state index is -0.937. The molecule has 1 unspecified atom stereocenters. The lowest BCUT2D eigenvalue weighted by atomic mass is 9.93. The van der Waals surface area contributed by atoms with Gasteiger partial charge < -0.3 is 19.3 Å². The van der Waals surface area contributed by atoms with E-state index in [0.29, 0.717) is 28.5 Å². The lowest BCUT2D eigenvalue weighted by Crippen LogP contribution is -2.29. The molecule has 0 bridgehead atoms. The van der Waals surface area contributed by atoms with Crippen LogP contribution in [0.4, 0.5) is 5.69 Å². The van der Waals surface area contributed by atoms with Crippen LogP contribution >= 0.6 is 0 Å². The number of aryl methyl sites for hydroxylation is 1. The molecular weight excluding hydrogens is 434 g/mol. The monoisotopic (exact) mass is 459 g/mol. The minimum Gasteiger partial charge on any atom is -0.506 e. The van der Waals surface area contributed by atoms with Gasteiger partial charge in [-0.1, -0.05) is 36.4 Å². The largest absolute Gasteiger partial charge is 0.506 e. The van der Waals surface area contributed by atoms with Gasteiger partial charge in [0.25, 0.3) is 11.7 Å². The molecule has 3 aromatic carbocycles. The molecule has 1 saturated heterocycles. The Bertz CT molecular complexity index is 1270. The molecule has 174 valence electrons. The zero-order valence-corrected chi connectivity index (χ0v) is 19.4. The van der Waals surface area contributed by atoms with Crippen LogP contribution in [0.2, 0.25) is 0 Å². The highest BCUT2D eigenvalue weighted by Crippen LogP contribution is 2.47. The molecule has 1 fully saturated rings. The van der Waals surface area contributed by atoms with E-state index >= 15 is 0 Å². The number of rotatable bonds is 6. The number of hydrogen-bond donors (Lipinski definition) is 1. The predicted octanol–water partition coefficient (Wildman–Crippen LogP) is 4.65. The van der Waals surface area contributed by atoms with E-state index in [4.69, 9.17) is 14.2 Å². The number of aliphatic hydroxyl groups excluding tert-OH is 1. The van der Waals surface area contributed by atoms with E-state index in [1.165, 1.54) is 26.2 Å². The van der Waals surface area contributed by atoms with Gasteiger partial charge in [-0.15, -0.1) is 0 Å². The summed E-state index contributed by atoms with van der Waals surface area (Å²) in [4.78, 5) is 28.2. The molecule has 7 nitrogen and oxygen atoms in total. The van der Waals surface area contributed by atoms with E-state index in [9.17, 15) is 14.7 Å². The number of carbonyl (C=O) groups is 2. The first-order valence-electron chi connectivity index (χ1n) is 10.6. The van der Waals surface area contributed by atoms with Crippen molar-refractivity contribution in [2.75, 3.05) is 26.2 Å².